The summed E-state index contributed by atoms with van der Waals surface area (Å²) in [5.74, 6) is 10.5. The predicted octanol–water partition coefficient (Wildman–Crippen LogP) is 12.5. The number of esters is 1. The van der Waals surface area contributed by atoms with E-state index in [0.717, 1.165) is 92.6 Å². The van der Waals surface area contributed by atoms with Gasteiger partial charge in [0.05, 0.1) is 12.8 Å². The van der Waals surface area contributed by atoms with Crippen molar-refractivity contribution >= 4 is 17.5 Å². The molecule has 8 atom stereocenters. The van der Waals surface area contributed by atoms with Gasteiger partial charge in [0.1, 0.15) is 17.3 Å². The van der Waals surface area contributed by atoms with Crippen LogP contribution < -0.4 is 0 Å². The summed E-state index contributed by atoms with van der Waals surface area (Å²) in [6.07, 6.45) is 29.6. The van der Waals surface area contributed by atoms with Crippen molar-refractivity contribution in [2.45, 2.75) is 191 Å². The maximum Gasteiger partial charge on any atom is 0.346 e. The fourth-order valence-electron chi connectivity index (χ4n) is 20.9. The van der Waals surface area contributed by atoms with Crippen molar-refractivity contribution in [2.75, 3.05) is 13.7 Å². The van der Waals surface area contributed by atoms with Gasteiger partial charge in [0, 0.05) is 28.4 Å². The molecule has 7 nitrogen and oxygen atoms in total. The number of aryl methyl sites for hydroxylation is 2. The Morgan fingerprint density at radius 3 is 1.52 bits per heavy atom. The van der Waals surface area contributed by atoms with Crippen LogP contribution >= 0.6 is 0 Å². The van der Waals surface area contributed by atoms with Crippen LogP contribution in [-0.2, 0) is 42.8 Å². The largest absolute Gasteiger partial charge is 0.508 e. The third-order valence-corrected chi connectivity index (χ3v) is 22.9. The van der Waals surface area contributed by atoms with E-state index in [2.05, 4.69) is 43.3 Å². The smallest absolute Gasteiger partial charge is 0.346 e. The maximum absolute atomic E-state index is 12.7. The Balaban J connectivity index is 0.000000134. The zero-order chi connectivity index (χ0) is 44.9. The van der Waals surface area contributed by atoms with Gasteiger partial charge in [-0.25, -0.2) is 4.79 Å². The van der Waals surface area contributed by atoms with Gasteiger partial charge in [0.15, 0.2) is 0 Å². The topological polar surface area (TPSA) is 105 Å². The van der Waals surface area contributed by atoms with E-state index in [1.54, 1.807) is 11.1 Å². The number of methoxy groups -OCH3 is 1. The van der Waals surface area contributed by atoms with Crippen LogP contribution in [0.3, 0.4) is 0 Å². The van der Waals surface area contributed by atoms with E-state index in [9.17, 15) is 19.8 Å². The predicted molar refractivity (Wildman–Crippen MR) is 256 cm³/mol. The molecule has 14 aliphatic rings. The van der Waals surface area contributed by atoms with Gasteiger partial charge in [-0.1, -0.05) is 31.1 Å². The molecule has 7 heteroatoms. The number of Topliss-reactive ketones (excluding diaryl/α,β-unsaturated/α-hetero) is 1. The molecular weight excluding hydrogens is 819 g/mol. The molecule has 12 saturated carbocycles. The van der Waals surface area contributed by atoms with Crippen molar-refractivity contribution in [1.82, 2.24) is 0 Å². The van der Waals surface area contributed by atoms with Crippen LogP contribution in [0.2, 0.25) is 0 Å². The van der Waals surface area contributed by atoms with Crippen molar-refractivity contribution in [3.63, 3.8) is 0 Å². The molecule has 2 aromatic rings. The van der Waals surface area contributed by atoms with Gasteiger partial charge in [-0.05, 0) is 264 Å². The van der Waals surface area contributed by atoms with E-state index >= 15 is 0 Å². The number of carbonyl (C=O) groups is 2. The van der Waals surface area contributed by atoms with Gasteiger partial charge in [0.2, 0.25) is 6.61 Å². The summed E-state index contributed by atoms with van der Waals surface area (Å²) < 4.78 is 4.69. The molecule has 0 saturated heterocycles. The molecule has 66 heavy (non-hydrogen) atoms. The fourth-order valence-corrected chi connectivity index (χ4v) is 20.9. The molecule has 16 rings (SSSR count). The first-order chi connectivity index (χ1) is 31.8. The number of aromatic hydroxyl groups is 2. The summed E-state index contributed by atoms with van der Waals surface area (Å²) in [5.41, 5.74) is 10.2. The summed E-state index contributed by atoms with van der Waals surface area (Å²) in [4.78, 5) is 29.6. The number of ether oxygens (including phenoxy) is 1. The standard InChI is InChI=1S/C31H41NO4.C28H36O2/c1-30-8-7-22-23(25(30)5-6-28(30)32-36-17-29(34)35-2)4-3-21-12-27(33)26(13-24(21)22)31-14-18-9-19(15-31)11-20(10-18)16-31;1-27-7-6-20-21(23(27)4-5-26(27)30)3-2-19-11-25(29)24(12-22(19)20)28-13-16-8-17(14-28)10-18(9-16)15-28/h12-13,18-20,22-23,25,33H,3-11,14-17H2,1-2H3;11-12,16-18,20-21,23,29H,2-10,13-15H2,1H3/b32-28+;/t18?,19?,20?,22?,23?,25?,30-,31?;16?,17?,18?,20?,21?,23?,27-,28?/m00/s1. The Hall–Kier alpha value is -3.35. The molecule has 0 heterocycles. The van der Waals surface area contributed by atoms with E-state index in [0.29, 0.717) is 52.8 Å². The second-order valence-corrected chi connectivity index (χ2v) is 26.2. The van der Waals surface area contributed by atoms with Gasteiger partial charge in [-0.3, -0.25) is 4.79 Å². The molecule has 12 fully saturated rings. The molecule has 14 aliphatic carbocycles. The molecule has 0 radical (unpaired) electrons. The van der Waals surface area contributed by atoms with Crippen LogP contribution in [-0.4, -0.2) is 41.4 Å². The number of oxime groups is 1. The zero-order valence-electron chi connectivity index (χ0n) is 40.4. The van der Waals surface area contributed by atoms with E-state index in [4.69, 9.17) is 9.57 Å². The summed E-state index contributed by atoms with van der Waals surface area (Å²) in [6.45, 7) is 4.54. The van der Waals surface area contributed by atoms with Crippen LogP contribution in [0.1, 0.15) is 200 Å². The molecule has 0 aromatic heterocycles. The maximum atomic E-state index is 12.7. The Labute approximate surface area is 394 Å². The number of carbonyl (C=O) groups excluding carboxylic acids is 2. The normalized spacial score (nSPS) is 45.5. The molecule has 2 N–H and O–H groups in total. The molecule has 0 aliphatic heterocycles. The second-order valence-electron chi connectivity index (χ2n) is 26.2. The van der Waals surface area contributed by atoms with Crippen LogP contribution in [0.25, 0.3) is 0 Å². The van der Waals surface area contributed by atoms with Crippen LogP contribution in [0.5, 0.6) is 11.5 Å². The zero-order valence-corrected chi connectivity index (χ0v) is 40.4. The second kappa shape index (κ2) is 15.3. The highest BCUT2D eigenvalue weighted by atomic mass is 16.6. The molecule has 0 spiro atoms. The minimum absolute atomic E-state index is 0.0433. The average molecular weight is 896 g/mol. The van der Waals surface area contributed by atoms with Gasteiger partial charge in [0.25, 0.3) is 0 Å². The fraction of sp³-hybridized carbons (Fsp3) is 0.746. The Morgan fingerprint density at radius 2 is 1.05 bits per heavy atom. The highest BCUT2D eigenvalue weighted by Gasteiger charge is 2.58. The molecule has 6 unspecified atom stereocenters. The van der Waals surface area contributed by atoms with Gasteiger partial charge in [-0.2, -0.15) is 0 Å². The average Bonchev–Trinajstić information content (AvgIpc) is 3.79. The number of hydrogen-bond donors (Lipinski definition) is 2. The van der Waals surface area contributed by atoms with Crippen molar-refractivity contribution in [2.24, 2.45) is 75.2 Å². The summed E-state index contributed by atoms with van der Waals surface area (Å²) in [7, 11) is 1.38. The molecule has 0 amide bonds. The molecule has 2 aromatic carbocycles. The van der Waals surface area contributed by atoms with E-state index in [1.807, 2.05) is 0 Å². The molecule has 354 valence electrons. The lowest BCUT2D eigenvalue weighted by Gasteiger charge is -2.57. The SMILES string of the molecule is COC(=O)CO/N=C1\CCC2C3CCc4cc(O)c(C56CC7CC(CC(C7)C5)C6)cc4C3CC[C@]12C.C[C@]12CCC3c4cc(C56CC7CC(CC(C7)C5)C6)c(O)cc4CCC3C1CCC2=O. The monoisotopic (exact) mass is 896 g/mol. The Morgan fingerprint density at radius 1 is 0.606 bits per heavy atom. The minimum Gasteiger partial charge on any atom is -0.508 e. The van der Waals surface area contributed by atoms with E-state index in [-0.39, 0.29) is 34.2 Å². The van der Waals surface area contributed by atoms with Crippen molar-refractivity contribution in [3.8, 4) is 11.5 Å². The first kappa shape index (κ1) is 42.7. The first-order valence-electron chi connectivity index (χ1n) is 27.4. The molecule has 8 bridgehead atoms. The van der Waals surface area contributed by atoms with Gasteiger partial charge in [-0.15, -0.1) is 0 Å². The lowest BCUT2D eigenvalue weighted by Crippen LogP contribution is -2.48. The highest BCUT2D eigenvalue weighted by molar-refractivity contribution is 5.92. The quantitative estimate of drug-likeness (QED) is 0.229. The van der Waals surface area contributed by atoms with E-state index in [1.165, 1.54) is 132 Å². The van der Waals surface area contributed by atoms with Crippen molar-refractivity contribution < 1.29 is 29.4 Å². The number of phenolic OH excluding ortho intramolecular Hbond substituents is 2. The number of fused-ring (bicyclic) bond motifs is 10. The van der Waals surface area contributed by atoms with E-state index < -0.39 is 0 Å². The van der Waals surface area contributed by atoms with Gasteiger partial charge >= 0.3 is 5.97 Å². The summed E-state index contributed by atoms with van der Waals surface area (Å²) in [5, 5.41) is 27.0. The number of hydrogen-bond acceptors (Lipinski definition) is 7. The Kier molecular flexibility index (Phi) is 9.92. The highest BCUT2D eigenvalue weighted by Crippen LogP contribution is 2.66. The number of benzene rings is 2. The van der Waals surface area contributed by atoms with Gasteiger partial charge < -0.3 is 19.8 Å². The summed E-state index contributed by atoms with van der Waals surface area (Å²) in [6, 6.07) is 9.37. The Bertz CT molecular complexity index is 2290. The van der Waals surface area contributed by atoms with Crippen LogP contribution in [0, 0.1) is 70.0 Å². The number of ketones is 1. The van der Waals surface area contributed by atoms with Crippen molar-refractivity contribution in [1.29, 1.82) is 0 Å². The first-order valence-corrected chi connectivity index (χ1v) is 27.4. The minimum atomic E-state index is -0.385. The third kappa shape index (κ3) is 6.47. The third-order valence-electron chi connectivity index (χ3n) is 22.9. The number of nitrogens with zero attached hydrogens (tertiary/aromatic N) is 1. The molecular formula is C59H77NO6. The summed E-state index contributed by atoms with van der Waals surface area (Å²) >= 11 is 0. The lowest BCUT2D eigenvalue weighted by molar-refractivity contribution is -0.145. The van der Waals surface area contributed by atoms with Crippen LogP contribution in [0.4, 0.5) is 0 Å². The van der Waals surface area contributed by atoms with Crippen LogP contribution in [0.15, 0.2) is 29.4 Å². The number of rotatable bonds is 5. The van der Waals surface area contributed by atoms with Crippen molar-refractivity contribution in [3.05, 3.63) is 57.6 Å². The number of phenols is 2. The lowest BCUT2D eigenvalue weighted by atomic mass is 9.47.